The summed E-state index contributed by atoms with van der Waals surface area (Å²) >= 11 is 0. The molecule has 0 spiro atoms. The normalized spacial score (nSPS) is 13.7. The Morgan fingerprint density at radius 1 is 1.47 bits per heavy atom. The van der Waals surface area contributed by atoms with Gasteiger partial charge in [0.05, 0.1) is 6.20 Å². The summed E-state index contributed by atoms with van der Waals surface area (Å²) in [6.45, 7) is 6.33. The lowest BCUT2D eigenvalue weighted by Gasteiger charge is -2.25. The van der Waals surface area contributed by atoms with Crippen LogP contribution < -0.4 is 5.32 Å². The molecule has 86 valence electrons. The second kappa shape index (κ2) is 5.88. The molecular weight excluding hydrogens is 190 g/mol. The summed E-state index contributed by atoms with van der Waals surface area (Å²) in [6.07, 6.45) is 3.43. The second-order valence-corrected chi connectivity index (χ2v) is 4.53. The molecular formula is C11H21N3O. The van der Waals surface area contributed by atoms with Crippen molar-refractivity contribution in [2.45, 2.75) is 26.4 Å². The molecule has 1 aromatic rings. The van der Waals surface area contributed by atoms with E-state index < -0.39 is 0 Å². The molecule has 1 N–H and O–H groups in total. The van der Waals surface area contributed by atoms with E-state index >= 15 is 0 Å². The Bertz CT molecular complexity index is 257. The van der Waals surface area contributed by atoms with Crippen LogP contribution in [0.5, 0.6) is 0 Å². The molecule has 0 aliphatic heterocycles. The van der Waals surface area contributed by atoms with E-state index in [1.54, 1.807) is 12.5 Å². The molecule has 0 fully saturated rings. The zero-order valence-corrected chi connectivity index (χ0v) is 10.0. The van der Waals surface area contributed by atoms with Gasteiger partial charge < -0.3 is 14.7 Å². The number of nitrogens with zero attached hydrogens (tertiary/aromatic N) is 2. The van der Waals surface area contributed by atoms with Crippen LogP contribution in [0.15, 0.2) is 17.0 Å². The van der Waals surface area contributed by atoms with Gasteiger partial charge in [0.15, 0.2) is 0 Å². The van der Waals surface area contributed by atoms with E-state index in [0.29, 0.717) is 12.0 Å². The van der Waals surface area contributed by atoms with E-state index in [2.05, 4.69) is 43.3 Å². The number of hydrogen-bond acceptors (Lipinski definition) is 4. The van der Waals surface area contributed by atoms with Gasteiger partial charge in [-0.1, -0.05) is 19.0 Å². The minimum absolute atomic E-state index is 0.495. The summed E-state index contributed by atoms with van der Waals surface area (Å²) in [6, 6.07) is 0.495. The van der Waals surface area contributed by atoms with E-state index in [1.807, 2.05) is 0 Å². The molecule has 4 nitrogen and oxygen atoms in total. The molecule has 4 heteroatoms. The number of hydrogen-bond donors (Lipinski definition) is 1. The molecule has 0 amide bonds. The Morgan fingerprint density at radius 3 is 2.67 bits per heavy atom. The lowest BCUT2D eigenvalue weighted by Crippen LogP contribution is -2.41. The quantitative estimate of drug-likeness (QED) is 0.771. The highest BCUT2D eigenvalue weighted by atomic mass is 16.5. The van der Waals surface area contributed by atoms with Crippen molar-refractivity contribution >= 4 is 0 Å². The highest BCUT2D eigenvalue weighted by Crippen LogP contribution is 2.04. The van der Waals surface area contributed by atoms with Crippen LogP contribution in [0, 0.1) is 5.92 Å². The zero-order valence-electron chi connectivity index (χ0n) is 10.0. The number of rotatable bonds is 6. The smallest absolute Gasteiger partial charge is 0.128 e. The summed E-state index contributed by atoms with van der Waals surface area (Å²) in [4.78, 5) is 2.20. The van der Waals surface area contributed by atoms with Gasteiger partial charge in [0.1, 0.15) is 6.26 Å². The topological polar surface area (TPSA) is 41.3 Å². The van der Waals surface area contributed by atoms with Gasteiger partial charge in [0.2, 0.25) is 0 Å². The van der Waals surface area contributed by atoms with Gasteiger partial charge >= 0.3 is 0 Å². The van der Waals surface area contributed by atoms with Crippen molar-refractivity contribution < 1.29 is 4.52 Å². The maximum atomic E-state index is 4.79. The molecule has 0 saturated heterocycles. The maximum absolute atomic E-state index is 4.79. The van der Waals surface area contributed by atoms with Crippen molar-refractivity contribution in [1.82, 2.24) is 15.4 Å². The van der Waals surface area contributed by atoms with Crippen LogP contribution in [-0.2, 0) is 6.54 Å². The third-order valence-corrected chi connectivity index (χ3v) is 2.42. The lowest BCUT2D eigenvalue weighted by atomic mass is 10.0. The lowest BCUT2D eigenvalue weighted by molar-refractivity contribution is 0.288. The third kappa shape index (κ3) is 4.44. The summed E-state index contributed by atoms with van der Waals surface area (Å²) in [5.74, 6) is 0.618. The van der Waals surface area contributed by atoms with Gasteiger partial charge in [-0.25, -0.2) is 0 Å². The summed E-state index contributed by atoms with van der Waals surface area (Å²) in [5.41, 5.74) is 1.10. The average molecular weight is 211 g/mol. The molecule has 1 unspecified atom stereocenters. The molecule has 1 rings (SSSR count). The first kappa shape index (κ1) is 12.2. The van der Waals surface area contributed by atoms with E-state index in [4.69, 9.17) is 4.52 Å². The molecule has 1 aromatic heterocycles. The summed E-state index contributed by atoms with van der Waals surface area (Å²) < 4.78 is 4.79. The Kier molecular flexibility index (Phi) is 4.78. The van der Waals surface area contributed by atoms with E-state index in [-0.39, 0.29) is 0 Å². The fourth-order valence-corrected chi connectivity index (χ4v) is 1.47. The predicted octanol–water partition coefficient (Wildman–Crippen LogP) is 1.35. The van der Waals surface area contributed by atoms with Crippen LogP contribution in [-0.4, -0.2) is 36.7 Å². The Morgan fingerprint density at radius 2 is 2.20 bits per heavy atom. The van der Waals surface area contributed by atoms with E-state index in [9.17, 15) is 0 Å². The average Bonchev–Trinajstić information content (AvgIpc) is 2.63. The third-order valence-electron chi connectivity index (χ3n) is 2.42. The fourth-order valence-electron chi connectivity index (χ4n) is 1.47. The van der Waals surface area contributed by atoms with Gasteiger partial charge in [0, 0.05) is 24.7 Å². The Balaban J connectivity index is 2.38. The van der Waals surface area contributed by atoms with Crippen LogP contribution in [0.1, 0.15) is 19.4 Å². The summed E-state index contributed by atoms with van der Waals surface area (Å²) in [5, 5.41) is 7.19. The van der Waals surface area contributed by atoms with Crippen molar-refractivity contribution in [2.24, 2.45) is 5.92 Å². The highest BCUT2D eigenvalue weighted by Gasteiger charge is 2.13. The van der Waals surface area contributed by atoms with Crippen molar-refractivity contribution in [1.29, 1.82) is 0 Å². The largest absolute Gasteiger partial charge is 0.364 e. The Hall–Kier alpha value is -0.870. The minimum Gasteiger partial charge on any atom is -0.364 e. The molecule has 0 bridgehead atoms. The molecule has 0 aliphatic rings. The predicted molar refractivity (Wildman–Crippen MR) is 60.5 cm³/mol. The molecule has 0 aromatic carbocycles. The van der Waals surface area contributed by atoms with Crippen LogP contribution in [0.4, 0.5) is 0 Å². The standard InChI is InChI=1S/C11H21N3O/c1-9(2)11(7-14(3)4)12-5-10-6-13-15-8-10/h6,8-9,11-12H,5,7H2,1-4H3. The number of likely N-dealkylation sites (N-methyl/N-ethyl adjacent to an activating group) is 1. The molecule has 0 aliphatic carbocycles. The van der Waals surface area contributed by atoms with Gasteiger partial charge in [-0.3, -0.25) is 0 Å². The molecule has 0 saturated carbocycles. The number of nitrogens with one attached hydrogen (secondary N) is 1. The first-order valence-electron chi connectivity index (χ1n) is 5.36. The molecule has 15 heavy (non-hydrogen) atoms. The van der Waals surface area contributed by atoms with Gasteiger partial charge in [0.25, 0.3) is 0 Å². The summed E-state index contributed by atoms with van der Waals surface area (Å²) in [7, 11) is 4.19. The molecule has 1 atom stereocenters. The van der Waals surface area contributed by atoms with Crippen LogP contribution in [0.25, 0.3) is 0 Å². The van der Waals surface area contributed by atoms with Gasteiger partial charge in [-0.2, -0.15) is 0 Å². The van der Waals surface area contributed by atoms with E-state index in [0.717, 1.165) is 18.7 Å². The SMILES string of the molecule is CC(C)C(CN(C)C)NCc1cnoc1. The second-order valence-electron chi connectivity index (χ2n) is 4.53. The fraction of sp³-hybridized carbons (Fsp3) is 0.727. The van der Waals surface area contributed by atoms with Gasteiger partial charge in [-0.15, -0.1) is 0 Å². The number of aromatic nitrogens is 1. The van der Waals surface area contributed by atoms with Crippen molar-refractivity contribution in [3.05, 3.63) is 18.0 Å². The maximum Gasteiger partial charge on any atom is 0.128 e. The Labute approximate surface area is 91.6 Å². The zero-order chi connectivity index (χ0) is 11.3. The van der Waals surface area contributed by atoms with Gasteiger partial charge in [-0.05, 0) is 20.0 Å². The molecule has 1 heterocycles. The first-order valence-corrected chi connectivity index (χ1v) is 5.36. The van der Waals surface area contributed by atoms with Crippen LogP contribution >= 0.6 is 0 Å². The van der Waals surface area contributed by atoms with Crippen molar-refractivity contribution in [3.8, 4) is 0 Å². The van der Waals surface area contributed by atoms with Crippen molar-refractivity contribution in [2.75, 3.05) is 20.6 Å². The monoisotopic (exact) mass is 211 g/mol. The van der Waals surface area contributed by atoms with E-state index in [1.165, 1.54) is 0 Å². The minimum atomic E-state index is 0.495. The van der Waals surface area contributed by atoms with Crippen LogP contribution in [0.2, 0.25) is 0 Å². The van der Waals surface area contributed by atoms with Crippen LogP contribution in [0.3, 0.4) is 0 Å². The molecule has 0 radical (unpaired) electrons. The first-order chi connectivity index (χ1) is 7.09. The van der Waals surface area contributed by atoms with Crippen molar-refractivity contribution in [3.63, 3.8) is 0 Å². The highest BCUT2D eigenvalue weighted by molar-refractivity contribution is 4.99.